The molecule has 6 nitrogen and oxygen atoms in total. The van der Waals surface area contributed by atoms with Crippen LogP contribution in [0.4, 0.5) is 5.82 Å². The lowest BCUT2D eigenvalue weighted by Crippen LogP contribution is -2.08. The average Bonchev–Trinajstić information content (AvgIpc) is 2.98. The molecule has 7 heteroatoms. The number of para-hydroxylation sites is 2. The van der Waals surface area contributed by atoms with Crippen LogP contribution in [0.15, 0.2) is 58.3 Å². The van der Waals surface area contributed by atoms with Gasteiger partial charge < -0.3 is 10.3 Å². The fourth-order valence-corrected chi connectivity index (χ4v) is 5.04. The first-order valence-corrected chi connectivity index (χ1v) is 11.3. The van der Waals surface area contributed by atoms with Crippen LogP contribution in [0.25, 0.3) is 22.2 Å². The quantitative estimate of drug-likeness (QED) is 0.474. The van der Waals surface area contributed by atoms with Gasteiger partial charge in [-0.1, -0.05) is 49.6 Å². The Morgan fingerprint density at radius 1 is 0.966 bits per heavy atom. The summed E-state index contributed by atoms with van der Waals surface area (Å²) >= 11 is 0. The fraction of sp³-hybridized carbons (Fsp3) is 0.273. The van der Waals surface area contributed by atoms with Crippen LogP contribution in [0.3, 0.4) is 0 Å². The van der Waals surface area contributed by atoms with E-state index in [1.54, 1.807) is 28.8 Å². The molecule has 0 amide bonds. The second-order valence-corrected chi connectivity index (χ2v) is 9.16. The Labute approximate surface area is 170 Å². The number of aromatic nitrogens is 3. The molecular formula is C22H24N4O2S. The average molecular weight is 409 g/mol. The maximum absolute atomic E-state index is 13.5. The Bertz CT molecular complexity index is 1290. The Morgan fingerprint density at radius 3 is 2.28 bits per heavy atom. The van der Waals surface area contributed by atoms with E-state index in [1.165, 1.54) is 0 Å². The molecule has 0 spiro atoms. The van der Waals surface area contributed by atoms with E-state index in [-0.39, 0.29) is 15.6 Å². The number of rotatable bonds is 6. The molecule has 0 unspecified atom stereocenters. The predicted octanol–water partition coefficient (Wildman–Crippen LogP) is 4.50. The number of hydrogen-bond donors (Lipinski definition) is 1. The molecule has 0 saturated heterocycles. The van der Waals surface area contributed by atoms with Crippen molar-refractivity contribution in [2.24, 2.45) is 0 Å². The lowest BCUT2D eigenvalue weighted by atomic mass is 10.2. The van der Waals surface area contributed by atoms with Crippen molar-refractivity contribution in [3.8, 4) is 0 Å². The van der Waals surface area contributed by atoms with Crippen molar-refractivity contribution >= 4 is 37.9 Å². The number of anilines is 1. The van der Waals surface area contributed by atoms with E-state index in [2.05, 4.69) is 11.9 Å². The van der Waals surface area contributed by atoms with E-state index >= 15 is 0 Å². The lowest BCUT2D eigenvalue weighted by Gasteiger charge is -2.08. The molecule has 0 aliphatic carbocycles. The number of hydrogen-bond acceptors (Lipinski definition) is 5. The number of sulfone groups is 1. The van der Waals surface area contributed by atoms with Gasteiger partial charge in [0.15, 0.2) is 5.65 Å². The second-order valence-electron chi connectivity index (χ2n) is 7.27. The SMILES string of the molecule is CCCCCn1c(N)c(S(=O)(=O)c2ccc(C)cc2)c2nc3ccccc3nc21. The number of unbranched alkanes of at least 4 members (excludes halogenated alkanes) is 2. The first kappa shape index (κ1) is 19.4. The summed E-state index contributed by atoms with van der Waals surface area (Å²) in [4.78, 5) is 9.62. The highest BCUT2D eigenvalue weighted by Crippen LogP contribution is 2.35. The maximum Gasteiger partial charge on any atom is 0.212 e. The van der Waals surface area contributed by atoms with Crippen LogP contribution >= 0.6 is 0 Å². The molecule has 0 bridgehead atoms. The molecule has 150 valence electrons. The van der Waals surface area contributed by atoms with Gasteiger partial charge in [0, 0.05) is 6.54 Å². The molecule has 4 aromatic rings. The fourth-order valence-electron chi connectivity index (χ4n) is 3.54. The minimum absolute atomic E-state index is 0.0473. The van der Waals surface area contributed by atoms with E-state index < -0.39 is 9.84 Å². The van der Waals surface area contributed by atoms with E-state index in [0.29, 0.717) is 28.7 Å². The maximum atomic E-state index is 13.5. The highest BCUT2D eigenvalue weighted by Gasteiger charge is 2.30. The molecular weight excluding hydrogens is 384 g/mol. The first-order valence-electron chi connectivity index (χ1n) is 9.79. The van der Waals surface area contributed by atoms with Crippen LogP contribution in [0, 0.1) is 6.92 Å². The van der Waals surface area contributed by atoms with E-state index in [9.17, 15) is 8.42 Å². The Hall–Kier alpha value is -2.93. The molecule has 2 aromatic heterocycles. The zero-order chi connectivity index (χ0) is 20.6. The molecule has 0 radical (unpaired) electrons. The summed E-state index contributed by atoms with van der Waals surface area (Å²) in [5, 5.41) is 0. The van der Waals surface area contributed by atoms with Gasteiger partial charge in [0.1, 0.15) is 16.2 Å². The highest BCUT2D eigenvalue weighted by molar-refractivity contribution is 7.92. The largest absolute Gasteiger partial charge is 0.384 e. The molecule has 0 aliphatic rings. The molecule has 4 rings (SSSR count). The van der Waals surface area contributed by atoms with Crippen LogP contribution in [-0.4, -0.2) is 23.0 Å². The van der Waals surface area contributed by atoms with E-state index in [1.807, 2.05) is 31.2 Å². The number of nitrogens with two attached hydrogens (primary N) is 1. The number of nitrogens with zero attached hydrogens (tertiary/aromatic N) is 3. The summed E-state index contributed by atoms with van der Waals surface area (Å²) in [7, 11) is -3.84. The van der Waals surface area contributed by atoms with Crippen molar-refractivity contribution in [3.63, 3.8) is 0 Å². The Kier molecular flexibility index (Phi) is 5.00. The zero-order valence-corrected chi connectivity index (χ0v) is 17.4. The smallest absolute Gasteiger partial charge is 0.212 e. The Morgan fingerprint density at radius 2 is 1.62 bits per heavy atom. The third-order valence-electron chi connectivity index (χ3n) is 5.13. The van der Waals surface area contributed by atoms with E-state index in [4.69, 9.17) is 10.7 Å². The summed E-state index contributed by atoms with van der Waals surface area (Å²) in [5.41, 5.74) is 9.62. The summed E-state index contributed by atoms with van der Waals surface area (Å²) in [6.07, 6.45) is 2.98. The van der Waals surface area contributed by atoms with Gasteiger partial charge in [-0.05, 0) is 37.6 Å². The van der Waals surface area contributed by atoms with Crippen molar-refractivity contribution in [1.82, 2.24) is 14.5 Å². The first-order chi connectivity index (χ1) is 13.9. The topological polar surface area (TPSA) is 90.9 Å². The van der Waals surface area contributed by atoms with Gasteiger partial charge in [-0.2, -0.15) is 0 Å². The van der Waals surface area contributed by atoms with Gasteiger partial charge in [0.25, 0.3) is 0 Å². The van der Waals surface area contributed by atoms with Crippen LogP contribution in [0.1, 0.15) is 31.7 Å². The minimum Gasteiger partial charge on any atom is -0.384 e. The molecule has 0 aliphatic heterocycles. The summed E-state index contributed by atoms with van der Waals surface area (Å²) in [6.45, 7) is 4.65. The minimum atomic E-state index is -3.84. The summed E-state index contributed by atoms with van der Waals surface area (Å²) < 4.78 is 28.8. The summed E-state index contributed by atoms with van der Waals surface area (Å²) in [6, 6.07) is 14.2. The van der Waals surface area contributed by atoms with Gasteiger partial charge in [-0.3, -0.25) is 0 Å². The standard InChI is InChI=1S/C22H24N4O2S/c1-3-4-7-14-26-21(23)20(29(27,28)16-12-10-15(2)11-13-16)19-22(26)25-18-9-6-5-8-17(18)24-19/h5-6,8-13H,3-4,7,14,23H2,1-2H3. The van der Waals surface area contributed by atoms with Crippen LogP contribution in [0.5, 0.6) is 0 Å². The summed E-state index contributed by atoms with van der Waals surface area (Å²) in [5.74, 6) is 0.201. The predicted molar refractivity (Wildman–Crippen MR) is 116 cm³/mol. The van der Waals surface area contributed by atoms with Crippen molar-refractivity contribution in [1.29, 1.82) is 0 Å². The molecule has 2 heterocycles. The number of aryl methyl sites for hydroxylation is 2. The normalized spacial score (nSPS) is 12.1. The Balaban J connectivity index is 2.00. The highest BCUT2D eigenvalue weighted by atomic mass is 32.2. The van der Waals surface area contributed by atoms with Crippen LogP contribution < -0.4 is 5.73 Å². The molecule has 0 saturated carbocycles. The monoisotopic (exact) mass is 408 g/mol. The van der Waals surface area contributed by atoms with Crippen molar-refractivity contribution in [2.45, 2.75) is 49.4 Å². The number of benzene rings is 2. The van der Waals surface area contributed by atoms with E-state index in [0.717, 1.165) is 24.8 Å². The van der Waals surface area contributed by atoms with Gasteiger partial charge in [0.2, 0.25) is 9.84 Å². The third kappa shape index (κ3) is 3.35. The van der Waals surface area contributed by atoms with Crippen LogP contribution in [-0.2, 0) is 16.4 Å². The third-order valence-corrected chi connectivity index (χ3v) is 6.96. The number of nitrogen functional groups attached to an aromatic ring is 1. The van der Waals surface area contributed by atoms with Gasteiger partial charge in [0.05, 0.1) is 15.9 Å². The van der Waals surface area contributed by atoms with Crippen molar-refractivity contribution < 1.29 is 8.42 Å². The molecule has 2 N–H and O–H groups in total. The number of fused-ring (bicyclic) bond motifs is 2. The van der Waals surface area contributed by atoms with Crippen molar-refractivity contribution in [2.75, 3.05) is 5.73 Å². The van der Waals surface area contributed by atoms with Crippen molar-refractivity contribution in [3.05, 3.63) is 54.1 Å². The zero-order valence-electron chi connectivity index (χ0n) is 16.6. The molecule has 29 heavy (non-hydrogen) atoms. The second kappa shape index (κ2) is 7.48. The van der Waals surface area contributed by atoms with Crippen LogP contribution in [0.2, 0.25) is 0 Å². The van der Waals surface area contributed by atoms with Gasteiger partial charge in [-0.25, -0.2) is 18.4 Å². The van der Waals surface area contributed by atoms with Gasteiger partial charge in [-0.15, -0.1) is 0 Å². The lowest BCUT2D eigenvalue weighted by molar-refractivity contribution is 0.594. The molecule has 2 aromatic carbocycles. The molecule has 0 atom stereocenters. The van der Waals surface area contributed by atoms with Gasteiger partial charge >= 0.3 is 0 Å². The molecule has 0 fully saturated rings.